The van der Waals surface area contributed by atoms with Crippen LogP contribution in [0.5, 0.6) is 0 Å². The lowest BCUT2D eigenvalue weighted by atomic mass is 10.2. The van der Waals surface area contributed by atoms with Gasteiger partial charge in [0.1, 0.15) is 15.9 Å². The molecule has 1 aromatic rings. The molecule has 1 atom stereocenters. The molecule has 0 aliphatic carbocycles. The Bertz CT molecular complexity index is 565. The van der Waals surface area contributed by atoms with Gasteiger partial charge in [-0.05, 0) is 30.7 Å². The van der Waals surface area contributed by atoms with Crippen molar-refractivity contribution >= 4 is 33.1 Å². The van der Waals surface area contributed by atoms with E-state index in [1.165, 1.54) is 4.88 Å². The number of nitrogens with one attached hydrogen (secondary N) is 1. The van der Waals surface area contributed by atoms with Gasteiger partial charge in [-0.1, -0.05) is 6.07 Å². The van der Waals surface area contributed by atoms with Crippen LogP contribution < -0.4 is 5.32 Å². The summed E-state index contributed by atoms with van der Waals surface area (Å²) < 4.78 is 22.1. The van der Waals surface area contributed by atoms with Crippen LogP contribution in [0.25, 0.3) is 0 Å². The SMILES string of the molecule is CS(=O)(=O)CCC(NC(=O)CCCc1cccs1)C(=O)O. The standard InChI is InChI=1S/C13H19NO5S2/c1-21(18,19)9-7-11(13(16)17)14-12(15)6-2-4-10-5-3-8-20-10/h3,5,8,11H,2,4,6-7,9H2,1H3,(H,14,15)(H,16,17). The van der Waals surface area contributed by atoms with Crippen molar-refractivity contribution in [3.05, 3.63) is 22.4 Å². The number of aryl methyl sites for hydroxylation is 1. The van der Waals surface area contributed by atoms with Gasteiger partial charge >= 0.3 is 5.97 Å². The van der Waals surface area contributed by atoms with Gasteiger partial charge in [0.2, 0.25) is 5.91 Å². The van der Waals surface area contributed by atoms with Crippen LogP contribution in [-0.4, -0.2) is 43.5 Å². The fraction of sp³-hybridized carbons (Fsp3) is 0.538. The van der Waals surface area contributed by atoms with E-state index in [-0.39, 0.29) is 24.5 Å². The van der Waals surface area contributed by atoms with E-state index in [0.717, 1.165) is 12.7 Å². The minimum absolute atomic E-state index is 0.120. The second-order valence-corrected chi connectivity index (χ2v) is 8.10. The molecule has 1 aromatic heterocycles. The minimum atomic E-state index is -3.25. The lowest BCUT2D eigenvalue weighted by Gasteiger charge is -2.13. The first-order valence-corrected chi connectivity index (χ1v) is 9.44. The Labute approximate surface area is 128 Å². The third-order valence-corrected chi connectivity index (χ3v) is 4.73. The van der Waals surface area contributed by atoms with E-state index in [1.807, 2.05) is 17.5 Å². The van der Waals surface area contributed by atoms with Gasteiger partial charge < -0.3 is 10.4 Å². The van der Waals surface area contributed by atoms with Crippen LogP contribution in [0.15, 0.2) is 17.5 Å². The van der Waals surface area contributed by atoms with Crippen molar-refractivity contribution in [2.75, 3.05) is 12.0 Å². The maximum Gasteiger partial charge on any atom is 0.326 e. The van der Waals surface area contributed by atoms with Crippen molar-refractivity contribution in [1.82, 2.24) is 5.32 Å². The number of amides is 1. The first-order valence-electron chi connectivity index (χ1n) is 6.50. The van der Waals surface area contributed by atoms with Crippen molar-refractivity contribution in [2.45, 2.75) is 31.7 Å². The molecule has 0 saturated carbocycles. The average molecular weight is 333 g/mol. The van der Waals surface area contributed by atoms with Crippen LogP contribution in [0, 0.1) is 0 Å². The first kappa shape index (κ1) is 17.6. The largest absolute Gasteiger partial charge is 0.480 e. The Kier molecular flexibility index (Phi) is 6.83. The van der Waals surface area contributed by atoms with Crippen LogP contribution in [0.1, 0.15) is 24.1 Å². The molecule has 0 bridgehead atoms. The summed E-state index contributed by atoms with van der Waals surface area (Å²) in [7, 11) is -3.25. The average Bonchev–Trinajstić information content (AvgIpc) is 2.86. The van der Waals surface area contributed by atoms with Crippen LogP contribution in [0.4, 0.5) is 0 Å². The van der Waals surface area contributed by atoms with Crippen molar-refractivity contribution in [2.24, 2.45) is 0 Å². The number of thiophene rings is 1. The number of rotatable bonds is 9. The first-order chi connectivity index (χ1) is 9.78. The third kappa shape index (κ3) is 7.81. The Hall–Kier alpha value is -1.41. The summed E-state index contributed by atoms with van der Waals surface area (Å²) in [5, 5.41) is 13.3. The summed E-state index contributed by atoms with van der Waals surface area (Å²) in [6.45, 7) is 0. The van der Waals surface area contributed by atoms with Crippen LogP contribution in [0.3, 0.4) is 0 Å². The van der Waals surface area contributed by atoms with E-state index in [1.54, 1.807) is 11.3 Å². The van der Waals surface area contributed by atoms with Crippen molar-refractivity contribution < 1.29 is 23.1 Å². The lowest BCUT2D eigenvalue weighted by Crippen LogP contribution is -2.41. The number of hydrogen-bond acceptors (Lipinski definition) is 5. The molecule has 21 heavy (non-hydrogen) atoms. The minimum Gasteiger partial charge on any atom is -0.480 e. The van der Waals surface area contributed by atoms with Crippen molar-refractivity contribution in [3.63, 3.8) is 0 Å². The van der Waals surface area contributed by atoms with Gasteiger partial charge in [0.25, 0.3) is 0 Å². The van der Waals surface area contributed by atoms with E-state index in [4.69, 9.17) is 5.11 Å². The number of aliphatic carboxylic acids is 1. The van der Waals surface area contributed by atoms with Crippen LogP contribution in [0.2, 0.25) is 0 Å². The topological polar surface area (TPSA) is 101 Å². The molecule has 0 spiro atoms. The Balaban J connectivity index is 2.36. The smallest absolute Gasteiger partial charge is 0.326 e. The molecule has 0 fully saturated rings. The number of carboxylic acid groups (broad SMARTS) is 1. The zero-order valence-electron chi connectivity index (χ0n) is 11.7. The molecule has 0 saturated heterocycles. The predicted octanol–water partition coefficient (Wildman–Crippen LogP) is 1.07. The quantitative estimate of drug-likeness (QED) is 0.704. The van der Waals surface area contributed by atoms with Gasteiger partial charge in [-0.25, -0.2) is 13.2 Å². The fourth-order valence-electron chi connectivity index (χ4n) is 1.73. The molecule has 1 unspecified atom stereocenters. The summed E-state index contributed by atoms with van der Waals surface area (Å²) in [6.07, 6.45) is 2.54. The number of carbonyl (C=O) groups excluding carboxylic acids is 1. The number of carboxylic acids is 1. The number of sulfone groups is 1. The molecule has 8 heteroatoms. The van der Waals surface area contributed by atoms with E-state index in [0.29, 0.717) is 6.42 Å². The molecule has 0 radical (unpaired) electrons. The van der Waals surface area contributed by atoms with Gasteiger partial charge in [-0.2, -0.15) is 0 Å². The third-order valence-electron chi connectivity index (χ3n) is 2.82. The van der Waals surface area contributed by atoms with E-state index < -0.39 is 21.8 Å². The van der Waals surface area contributed by atoms with Gasteiger partial charge in [0.15, 0.2) is 0 Å². The maximum atomic E-state index is 11.7. The molecule has 118 valence electrons. The molecule has 1 rings (SSSR count). The molecule has 0 aliphatic rings. The Morgan fingerprint density at radius 2 is 2.14 bits per heavy atom. The monoisotopic (exact) mass is 333 g/mol. The predicted molar refractivity (Wildman–Crippen MR) is 81.2 cm³/mol. The van der Waals surface area contributed by atoms with E-state index in [9.17, 15) is 18.0 Å². The van der Waals surface area contributed by atoms with Gasteiger partial charge in [-0.3, -0.25) is 4.79 Å². The molecule has 1 amide bonds. The maximum absolute atomic E-state index is 11.7. The fourth-order valence-corrected chi connectivity index (χ4v) is 3.15. The molecule has 2 N–H and O–H groups in total. The zero-order chi connectivity index (χ0) is 15.9. The van der Waals surface area contributed by atoms with E-state index >= 15 is 0 Å². The Morgan fingerprint density at radius 1 is 1.43 bits per heavy atom. The summed E-state index contributed by atoms with van der Waals surface area (Å²) in [6, 6.07) is 2.76. The number of carbonyl (C=O) groups is 2. The Morgan fingerprint density at radius 3 is 2.67 bits per heavy atom. The second-order valence-electron chi connectivity index (χ2n) is 4.81. The number of hydrogen-bond donors (Lipinski definition) is 2. The molecule has 1 heterocycles. The van der Waals surface area contributed by atoms with Crippen LogP contribution in [-0.2, 0) is 25.8 Å². The summed E-state index contributed by atoms with van der Waals surface area (Å²) in [5.74, 6) is -1.85. The lowest BCUT2D eigenvalue weighted by molar-refractivity contribution is -0.141. The second kappa shape index (κ2) is 8.14. The van der Waals surface area contributed by atoms with E-state index in [2.05, 4.69) is 5.32 Å². The highest BCUT2D eigenvalue weighted by atomic mass is 32.2. The van der Waals surface area contributed by atoms with Crippen LogP contribution >= 0.6 is 11.3 Å². The van der Waals surface area contributed by atoms with Crippen molar-refractivity contribution in [3.8, 4) is 0 Å². The zero-order valence-corrected chi connectivity index (χ0v) is 13.4. The molecule has 6 nitrogen and oxygen atoms in total. The van der Waals surface area contributed by atoms with Gasteiger partial charge in [0, 0.05) is 17.6 Å². The van der Waals surface area contributed by atoms with Gasteiger partial charge in [0.05, 0.1) is 5.75 Å². The molecule has 0 aliphatic heterocycles. The molecule has 0 aromatic carbocycles. The highest BCUT2D eigenvalue weighted by Crippen LogP contribution is 2.11. The molecular weight excluding hydrogens is 314 g/mol. The van der Waals surface area contributed by atoms with Gasteiger partial charge in [-0.15, -0.1) is 11.3 Å². The highest BCUT2D eigenvalue weighted by Gasteiger charge is 2.21. The normalized spacial score (nSPS) is 12.8. The summed E-state index contributed by atoms with van der Waals surface area (Å²) in [5.41, 5.74) is 0. The van der Waals surface area contributed by atoms with Crippen molar-refractivity contribution in [1.29, 1.82) is 0 Å². The highest BCUT2D eigenvalue weighted by molar-refractivity contribution is 7.90. The summed E-state index contributed by atoms with van der Waals surface area (Å²) >= 11 is 1.61. The molecular formula is C13H19NO5S2. The summed E-state index contributed by atoms with van der Waals surface area (Å²) in [4.78, 5) is 23.9.